The quantitative estimate of drug-likeness (QED) is 0.781. The normalized spacial score (nSPS) is 23.3. The van der Waals surface area contributed by atoms with Gasteiger partial charge in [-0.2, -0.15) is 0 Å². The maximum absolute atomic E-state index is 12.8. The van der Waals surface area contributed by atoms with E-state index in [1.54, 1.807) is 0 Å². The van der Waals surface area contributed by atoms with Gasteiger partial charge in [-0.25, -0.2) is 0 Å². The summed E-state index contributed by atoms with van der Waals surface area (Å²) in [6, 6.07) is 2.19. The van der Waals surface area contributed by atoms with E-state index in [0.29, 0.717) is 18.4 Å². The van der Waals surface area contributed by atoms with E-state index in [1.807, 2.05) is 0 Å². The van der Waals surface area contributed by atoms with Crippen LogP contribution in [-0.4, -0.2) is 30.3 Å². The molecule has 0 saturated carbocycles. The highest BCUT2D eigenvalue weighted by molar-refractivity contribution is 6.00. The Labute approximate surface area is 129 Å². The van der Waals surface area contributed by atoms with Crippen molar-refractivity contribution in [2.45, 2.75) is 48.0 Å². The fourth-order valence-electron chi connectivity index (χ4n) is 3.84. The van der Waals surface area contributed by atoms with Crippen LogP contribution in [0.15, 0.2) is 6.07 Å². The van der Waals surface area contributed by atoms with Gasteiger partial charge in [0.05, 0.1) is 6.54 Å². The average molecular weight is 287 g/mol. The van der Waals surface area contributed by atoms with Gasteiger partial charge in [-0.3, -0.25) is 9.69 Å². The van der Waals surface area contributed by atoms with Crippen LogP contribution in [0, 0.1) is 39.5 Å². The van der Waals surface area contributed by atoms with E-state index in [9.17, 15) is 4.79 Å². The molecule has 2 heteroatoms. The van der Waals surface area contributed by atoms with E-state index in [0.717, 1.165) is 29.8 Å². The molecule has 2 atom stereocenters. The molecule has 0 aliphatic carbocycles. The Bertz CT molecular complexity index is 511. The minimum Gasteiger partial charge on any atom is -0.295 e. The summed E-state index contributed by atoms with van der Waals surface area (Å²) in [5, 5.41) is 0. The fraction of sp³-hybridized carbons (Fsp3) is 0.632. The summed E-state index contributed by atoms with van der Waals surface area (Å²) < 4.78 is 0. The van der Waals surface area contributed by atoms with Gasteiger partial charge in [0.15, 0.2) is 5.78 Å². The summed E-state index contributed by atoms with van der Waals surface area (Å²) in [5.41, 5.74) is 5.71. The first-order chi connectivity index (χ1) is 9.79. The van der Waals surface area contributed by atoms with Crippen molar-refractivity contribution < 1.29 is 4.79 Å². The van der Waals surface area contributed by atoms with Crippen LogP contribution in [0.3, 0.4) is 0 Å². The molecule has 116 valence electrons. The zero-order valence-electron chi connectivity index (χ0n) is 14.4. The number of carbonyl (C=O) groups excluding carboxylic acids is 1. The third-order valence-corrected chi connectivity index (χ3v) is 4.96. The van der Waals surface area contributed by atoms with E-state index < -0.39 is 0 Å². The summed E-state index contributed by atoms with van der Waals surface area (Å²) in [6.07, 6.45) is 1.28. The number of rotatable bonds is 3. The third-order valence-electron chi connectivity index (χ3n) is 4.96. The Hall–Kier alpha value is -1.15. The van der Waals surface area contributed by atoms with E-state index in [1.165, 1.54) is 17.5 Å². The molecule has 1 aliphatic heterocycles. The molecule has 2 rings (SSSR count). The number of likely N-dealkylation sites (tertiary alicyclic amines) is 1. The molecule has 0 aromatic heterocycles. The Kier molecular flexibility index (Phi) is 4.88. The number of aryl methyl sites for hydroxylation is 2. The second-order valence-corrected chi connectivity index (χ2v) is 7.20. The second-order valence-electron chi connectivity index (χ2n) is 7.20. The summed E-state index contributed by atoms with van der Waals surface area (Å²) in [5.74, 6) is 1.68. The molecule has 1 fully saturated rings. The number of Topliss-reactive ketones (excluding diaryl/α,β-unsaturated/α-hetero) is 1. The Morgan fingerprint density at radius 3 is 2.00 bits per heavy atom. The monoisotopic (exact) mass is 287 g/mol. The van der Waals surface area contributed by atoms with Gasteiger partial charge >= 0.3 is 0 Å². The minimum atomic E-state index is 0.290. The first-order valence-corrected chi connectivity index (χ1v) is 8.12. The third kappa shape index (κ3) is 3.55. The van der Waals surface area contributed by atoms with Crippen LogP contribution in [0.25, 0.3) is 0 Å². The first-order valence-electron chi connectivity index (χ1n) is 8.12. The molecule has 0 radical (unpaired) electrons. The van der Waals surface area contributed by atoms with Crippen molar-refractivity contribution in [3.8, 4) is 0 Å². The number of carbonyl (C=O) groups is 1. The number of hydrogen-bond acceptors (Lipinski definition) is 2. The van der Waals surface area contributed by atoms with Crippen molar-refractivity contribution >= 4 is 5.78 Å². The van der Waals surface area contributed by atoms with E-state index >= 15 is 0 Å². The number of hydrogen-bond donors (Lipinski definition) is 0. The smallest absolute Gasteiger partial charge is 0.177 e. The average Bonchev–Trinajstić information content (AvgIpc) is 2.35. The molecule has 0 amide bonds. The zero-order chi connectivity index (χ0) is 15.7. The van der Waals surface area contributed by atoms with Crippen LogP contribution < -0.4 is 0 Å². The van der Waals surface area contributed by atoms with Gasteiger partial charge < -0.3 is 0 Å². The number of piperidine rings is 1. The molecule has 1 aromatic carbocycles. The SMILES string of the molecule is Cc1cc(C)c(C)c(C(=O)CN2CC(C)CC(C)C2)c1C. The van der Waals surface area contributed by atoms with Gasteiger partial charge in [-0.05, 0) is 68.2 Å². The lowest BCUT2D eigenvalue weighted by Gasteiger charge is -2.34. The predicted octanol–water partition coefficient (Wildman–Crippen LogP) is 4.08. The van der Waals surface area contributed by atoms with Crippen LogP contribution in [0.5, 0.6) is 0 Å². The van der Waals surface area contributed by atoms with Crippen molar-refractivity contribution in [2.24, 2.45) is 11.8 Å². The minimum absolute atomic E-state index is 0.290. The highest BCUT2D eigenvalue weighted by Crippen LogP contribution is 2.24. The van der Waals surface area contributed by atoms with Gasteiger partial charge in [0.25, 0.3) is 0 Å². The molecule has 2 unspecified atom stereocenters. The fourth-order valence-corrected chi connectivity index (χ4v) is 3.84. The van der Waals surface area contributed by atoms with E-state index in [4.69, 9.17) is 0 Å². The molecule has 1 heterocycles. The van der Waals surface area contributed by atoms with E-state index in [2.05, 4.69) is 52.5 Å². The van der Waals surface area contributed by atoms with Gasteiger partial charge in [0.1, 0.15) is 0 Å². The molecular formula is C19H29NO. The van der Waals surface area contributed by atoms with Gasteiger partial charge in [-0.1, -0.05) is 19.9 Å². The maximum Gasteiger partial charge on any atom is 0.177 e. The highest BCUT2D eigenvalue weighted by Gasteiger charge is 2.25. The second kappa shape index (κ2) is 6.31. The Morgan fingerprint density at radius 2 is 1.52 bits per heavy atom. The topological polar surface area (TPSA) is 20.3 Å². The first kappa shape index (κ1) is 16.2. The van der Waals surface area contributed by atoms with Crippen molar-refractivity contribution in [1.29, 1.82) is 0 Å². The highest BCUT2D eigenvalue weighted by atomic mass is 16.1. The molecule has 0 N–H and O–H groups in total. The van der Waals surface area contributed by atoms with Crippen molar-refractivity contribution in [3.05, 3.63) is 33.9 Å². The zero-order valence-corrected chi connectivity index (χ0v) is 14.4. The van der Waals surface area contributed by atoms with Crippen LogP contribution in [0.1, 0.15) is 52.9 Å². The van der Waals surface area contributed by atoms with Crippen molar-refractivity contribution in [2.75, 3.05) is 19.6 Å². The number of ketones is 1. The van der Waals surface area contributed by atoms with Gasteiger partial charge in [0, 0.05) is 18.7 Å². The van der Waals surface area contributed by atoms with Crippen LogP contribution in [0.4, 0.5) is 0 Å². The number of nitrogens with zero attached hydrogens (tertiary/aromatic N) is 1. The van der Waals surface area contributed by atoms with Crippen LogP contribution >= 0.6 is 0 Å². The molecular weight excluding hydrogens is 258 g/mol. The van der Waals surface area contributed by atoms with Crippen LogP contribution in [-0.2, 0) is 0 Å². The number of benzene rings is 1. The molecule has 2 nitrogen and oxygen atoms in total. The largest absolute Gasteiger partial charge is 0.295 e. The van der Waals surface area contributed by atoms with Gasteiger partial charge in [-0.15, -0.1) is 0 Å². The molecule has 0 bridgehead atoms. The molecule has 1 aliphatic rings. The lowest BCUT2D eigenvalue weighted by Crippen LogP contribution is -2.41. The summed E-state index contributed by atoms with van der Waals surface area (Å²) in [7, 11) is 0. The summed E-state index contributed by atoms with van der Waals surface area (Å²) in [6.45, 7) is 15.6. The van der Waals surface area contributed by atoms with E-state index in [-0.39, 0.29) is 5.78 Å². The predicted molar refractivity (Wildman–Crippen MR) is 89.1 cm³/mol. The lowest BCUT2D eigenvalue weighted by atomic mass is 9.89. The standard InChI is InChI=1S/C19H29NO/c1-12-7-13(2)10-20(9-12)11-18(21)19-16(5)14(3)8-15(4)17(19)6/h8,12-13H,7,9-11H2,1-6H3. The Balaban J connectivity index is 2.21. The van der Waals surface area contributed by atoms with Crippen molar-refractivity contribution in [3.63, 3.8) is 0 Å². The Morgan fingerprint density at radius 1 is 1.05 bits per heavy atom. The lowest BCUT2D eigenvalue weighted by molar-refractivity contribution is 0.0848. The molecule has 1 aromatic rings. The maximum atomic E-state index is 12.8. The van der Waals surface area contributed by atoms with Crippen molar-refractivity contribution in [1.82, 2.24) is 4.90 Å². The molecule has 0 spiro atoms. The summed E-state index contributed by atoms with van der Waals surface area (Å²) in [4.78, 5) is 15.2. The molecule has 21 heavy (non-hydrogen) atoms. The molecule has 1 saturated heterocycles. The van der Waals surface area contributed by atoms with Crippen LogP contribution in [0.2, 0.25) is 0 Å². The van der Waals surface area contributed by atoms with Gasteiger partial charge in [0.2, 0.25) is 0 Å². The summed E-state index contributed by atoms with van der Waals surface area (Å²) >= 11 is 0.